The van der Waals surface area contributed by atoms with Gasteiger partial charge in [-0.3, -0.25) is 9.78 Å². The first-order valence-electron chi connectivity index (χ1n) is 7.26. The number of benzene rings is 1. The molecule has 8 heteroatoms. The maximum absolute atomic E-state index is 14.2. The molecule has 0 spiro atoms. The van der Waals surface area contributed by atoms with Crippen LogP contribution in [0.15, 0.2) is 30.6 Å². The summed E-state index contributed by atoms with van der Waals surface area (Å²) in [5.41, 5.74) is 0.173. The highest BCUT2D eigenvalue weighted by molar-refractivity contribution is 5.96. The highest BCUT2D eigenvalue weighted by atomic mass is 19.2. The Balaban J connectivity index is 2.16. The van der Waals surface area contributed by atoms with Crippen LogP contribution in [0.1, 0.15) is 46.5 Å². The lowest BCUT2D eigenvalue weighted by Crippen LogP contribution is -2.32. The van der Waals surface area contributed by atoms with Crippen molar-refractivity contribution >= 4 is 11.9 Å². The van der Waals surface area contributed by atoms with Gasteiger partial charge in [0.25, 0.3) is 0 Å². The third-order valence-electron chi connectivity index (χ3n) is 4.03. The van der Waals surface area contributed by atoms with Crippen LogP contribution in [0.2, 0.25) is 0 Å². The molecule has 0 aliphatic heterocycles. The van der Waals surface area contributed by atoms with E-state index in [-0.39, 0.29) is 35.6 Å². The third-order valence-corrected chi connectivity index (χ3v) is 4.03. The van der Waals surface area contributed by atoms with Crippen LogP contribution in [0.5, 0.6) is 0 Å². The quantitative estimate of drug-likeness (QED) is 0.825. The smallest absolute Gasteiger partial charge is 0.405 e. The number of carbonyl (C=O) groups is 2. The zero-order valence-electron chi connectivity index (χ0n) is 12.4. The largest absolute Gasteiger partial charge is 0.465 e. The fraction of sp³-hybridized carbons (Fsp3) is 0.250. The van der Waals surface area contributed by atoms with E-state index in [9.17, 15) is 18.4 Å². The zero-order chi connectivity index (χ0) is 17.3. The standard InChI is InChI=1S/C16H13F2N3O3/c17-10-3-1-2-8(12(10)18)9-4-5-11(22)14-15(20-7-6-19-14)13(9)21-16(23)24/h1-3,6-7,9,13,21H,4-5H2,(H,23,24)/t9-,13-/m0/s1. The third kappa shape index (κ3) is 2.82. The molecule has 1 aromatic carbocycles. The maximum atomic E-state index is 14.2. The first-order chi connectivity index (χ1) is 11.5. The van der Waals surface area contributed by atoms with Gasteiger partial charge in [-0.05, 0) is 18.1 Å². The van der Waals surface area contributed by atoms with E-state index in [2.05, 4.69) is 15.3 Å². The lowest BCUT2D eigenvalue weighted by Gasteiger charge is -2.25. The van der Waals surface area contributed by atoms with Crippen molar-refractivity contribution < 1.29 is 23.5 Å². The number of nitrogens with one attached hydrogen (secondary N) is 1. The second kappa shape index (κ2) is 6.31. The van der Waals surface area contributed by atoms with Crippen LogP contribution in [-0.4, -0.2) is 27.0 Å². The van der Waals surface area contributed by atoms with Gasteiger partial charge in [0.2, 0.25) is 0 Å². The van der Waals surface area contributed by atoms with Gasteiger partial charge in [-0.2, -0.15) is 0 Å². The Bertz CT molecular complexity index is 813. The van der Waals surface area contributed by atoms with Gasteiger partial charge in [-0.15, -0.1) is 0 Å². The van der Waals surface area contributed by atoms with Crippen molar-refractivity contribution in [2.75, 3.05) is 0 Å². The van der Waals surface area contributed by atoms with E-state index in [4.69, 9.17) is 5.11 Å². The topological polar surface area (TPSA) is 92.2 Å². The minimum Gasteiger partial charge on any atom is -0.465 e. The molecule has 1 amide bonds. The van der Waals surface area contributed by atoms with Gasteiger partial charge >= 0.3 is 6.09 Å². The maximum Gasteiger partial charge on any atom is 0.405 e. The number of fused-ring (bicyclic) bond motifs is 1. The minimum absolute atomic E-state index is 0.0000491. The Morgan fingerprint density at radius 1 is 1.25 bits per heavy atom. The predicted octanol–water partition coefficient (Wildman–Crippen LogP) is 2.82. The summed E-state index contributed by atoms with van der Waals surface area (Å²) in [6.07, 6.45) is 1.48. The summed E-state index contributed by atoms with van der Waals surface area (Å²) in [6, 6.07) is 2.70. The number of halogens is 2. The molecule has 0 saturated carbocycles. The Morgan fingerprint density at radius 2 is 2.00 bits per heavy atom. The molecule has 0 saturated heterocycles. The van der Waals surface area contributed by atoms with Crippen LogP contribution >= 0.6 is 0 Å². The summed E-state index contributed by atoms with van der Waals surface area (Å²) in [7, 11) is 0. The molecule has 1 aliphatic carbocycles. The Hall–Kier alpha value is -2.90. The average Bonchev–Trinajstić information content (AvgIpc) is 2.69. The predicted molar refractivity (Wildman–Crippen MR) is 78.6 cm³/mol. The monoisotopic (exact) mass is 333 g/mol. The SMILES string of the molecule is O=C(O)N[C@@H]1c2nccnc2C(=O)CC[C@H]1c1cccc(F)c1F. The number of ketones is 1. The number of amides is 1. The van der Waals surface area contributed by atoms with Crippen LogP contribution in [0.3, 0.4) is 0 Å². The zero-order valence-corrected chi connectivity index (χ0v) is 12.4. The van der Waals surface area contributed by atoms with E-state index < -0.39 is 29.7 Å². The second-order valence-corrected chi connectivity index (χ2v) is 5.43. The molecule has 0 fully saturated rings. The highest BCUT2D eigenvalue weighted by Crippen LogP contribution is 2.39. The van der Waals surface area contributed by atoms with Gasteiger partial charge in [0, 0.05) is 24.7 Å². The number of rotatable bonds is 2. The van der Waals surface area contributed by atoms with E-state index in [1.807, 2.05) is 0 Å². The summed E-state index contributed by atoms with van der Waals surface area (Å²) in [5.74, 6) is -3.18. The van der Waals surface area contributed by atoms with Crippen LogP contribution in [0, 0.1) is 11.6 Å². The first-order valence-corrected chi connectivity index (χ1v) is 7.26. The summed E-state index contributed by atoms with van der Waals surface area (Å²) in [6.45, 7) is 0. The molecule has 24 heavy (non-hydrogen) atoms. The Morgan fingerprint density at radius 3 is 2.75 bits per heavy atom. The molecule has 1 aliphatic rings. The molecular formula is C16H13F2N3O3. The van der Waals surface area contributed by atoms with Crippen molar-refractivity contribution in [1.29, 1.82) is 0 Å². The van der Waals surface area contributed by atoms with Gasteiger partial charge in [-0.25, -0.2) is 18.6 Å². The molecule has 3 rings (SSSR count). The lowest BCUT2D eigenvalue weighted by atomic mass is 9.86. The van der Waals surface area contributed by atoms with Crippen molar-refractivity contribution in [2.45, 2.75) is 24.8 Å². The molecule has 0 unspecified atom stereocenters. The number of hydrogen-bond acceptors (Lipinski definition) is 4. The number of aromatic nitrogens is 2. The first kappa shape index (κ1) is 16.0. The summed E-state index contributed by atoms with van der Waals surface area (Å²) in [5, 5.41) is 11.4. The fourth-order valence-corrected chi connectivity index (χ4v) is 3.00. The van der Waals surface area contributed by atoms with E-state index in [0.717, 1.165) is 6.07 Å². The van der Waals surface area contributed by atoms with Crippen molar-refractivity contribution in [3.05, 3.63) is 59.2 Å². The van der Waals surface area contributed by atoms with E-state index in [1.54, 1.807) is 0 Å². The van der Waals surface area contributed by atoms with Gasteiger partial charge < -0.3 is 10.4 Å². The molecule has 1 heterocycles. The molecule has 2 atom stereocenters. The molecule has 6 nitrogen and oxygen atoms in total. The number of carboxylic acid groups (broad SMARTS) is 1. The number of hydrogen-bond donors (Lipinski definition) is 2. The van der Waals surface area contributed by atoms with Crippen LogP contribution in [0.25, 0.3) is 0 Å². The van der Waals surface area contributed by atoms with Gasteiger partial charge in [0.1, 0.15) is 5.69 Å². The van der Waals surface area contributed by atoms with E-state index in [1.165, 1.54) is 24.5 Å². The normalized spacial score (nSPS) is 20.2. The Kier molecular flexibility index (Phi) is 4.20. The number of carbonyl (C=O) groups excluding carboxylic acids is 1. The van der Waals surface area contributed by atoms with Crippen LogP contribution < -0.4 is 5.32 Å². The van der Waals surface area contributed by atoms with Crippen molar-refractivity contribution in [3.8, 4) is 0 Å². The van der Waals surface area contributed by atoms with Crippen molar-refractivity contribution in [2.24, 2.45) is 0 Å². The Labute approximate surface area is 135 Å². The fourth-order valence-electron chi connectivity index (χ4n) is 3.00. The highest BCUT2D eigenvalue weighted by Gasteiger charge is 2.36. The molecule has 1 aromatic heterocycles. The molecule has 2 N–H and O–H groups in total. The molecule has 0 bridgehead atoms. The molecular weight excluding hydrogens is 320 g/mol. The van der Waals surface area contributed by atoms with E-state index in [0.29, 0.717) is 0 Å². The second-order valence-electron chi connectivity index (χ2n) is 5.43. The number of nitrogens with zero attached hydrogens (tertiary/aromatic N) is 2. The summed E-state index contributed by atoms with van der Waals surface area (Å²) < 4.78 is 27.8. The molecule has 2 aromatic rings. The van der Waals surface area contributed by atoms with Gasteiger partial charge in [0.05, 0.1) is 11.7 Å². The van der Waals surface area contributed by atoms with Crippen LogP contribution in [0.4, 0.5) is 13.6 Å². The lowest BCUT2D eigenvalue weighted by molar-refractivity contribution is 0.0975. The summed E-state index contributed by atoms with van der Waals surface area (Å²) >= 11 is 0. The van der Waals surface area contributed by atoms with Crippen molar-refractivity contribution in [1.82, 2.24) is 15.3 Å². The molecule has 124 valence electrons. The van der Waals surface area contributed by atoms with Crippen molar-refractivity contribution in [3.63, 3.8) is 0 Å². The van der Waals surface area contributed by atoms with Gasteiger partial charge in [-0.1, -0.05) is 12.1 Å². The van der Waals surface area contributed by atoms with Gasteiger partial charge in [0.15, 0.2) is 17.4 Å². The summed E-state index contributed by atoms with van der Waals surface area (Å²) in [4.78, 5) is 31.4. The van der Waals surface area contributed by atoms with E-state index >= 15 is 0 Å². The minimum atomic E-state index is -1.35. The average molecular weight is 333 g/mol. The number of Topliss-reactive ketones (excluding diaryl/α,β-unsaturated/α-hetero) is 1. The molecule has 0 radical (unpaired) electrons. The van der Waals surface area contributed by atoms with Crippen LogP contribution in [-0.2, 0) is 0 Å².